The van der Waals surface area contributed by atoms with Gasteiger partial charge in [0.25, 0.3) is 0 Å². The summed E-state index contributed by atoms with van der Waals surface area (Å²) in [6, 6.07) is 5.26. The zero-order valence-corrected chi connectivity index (χ0v) is 12.8. The number of anilines is 1. The molecule has 2 N–H and O–H groups in total. The molecule has 5 nitrogen and oxygen atoms in total. The van der Waals surface area contributed by atoms with Crippen molar-refractivity contribution in [2.45, 2.75) is 37.2 Å². The molecule has 0 saturated heterocycles. The van der Waals surface area contributed by atoms with E-state index in [1.807, 2.05) is 6.07 Å². The smallest absolute Gasteiger partial charge is 0.242 e. The van der Waals surface area contributed by atoms with Crippen LogP contribution in [0.5, 0.6) is 0 Å². The molecule has 0 radical (unpaired) electrons. The van der Waals surface area contributed by atoms with Crippen LogP contribution in [0.25, 0.3) is 0 Å². The Hall–Kier alpha value is -1.11. The van der Waals surface area contributed by atoms with E-state index in [9.17, 15) is 13.5 Å². The van der Waals surface area contributed by atoms with Crippen LogP contribution in [-0.2, 0) is 16.4 Å². The van der Waals surface area contributed by atoms with Crippen molar-refractivity contribution < 1.29 is 13.5 Å². The fraction of sp³-hybridized carbons (Fsp3) is 0.571. The maximum atomic E-state index is 12.4. The summed E-state index contributed by atoms with van der Waals surface area (Å²) in [7, 11) is -1.94. The topological polar surface area (TPSA) is 69.6 Å². The van der Waals surface area contributed by atoms with Gasteiger partial charge in [-0.1, -0.05) is 6.07 Å². The number of hydrogen-bond donors (Lipinski definition) is 2. The van der Waals surface area contributed by atoms with Gasteiger partial charge in [0.1, 0.15) is 0 Å². The van der Waals surface area contributed by atoms with Crippen molar-refractivity contribution in [1.29, 1.82) is 0 Å². The number of hydrogen-bond acceptors (Lipinski definition) is 4. The Labute approximate surface area is 120 Å². The monoisotopic (exact) mass is 298 g/mol. The number of nitrogens with one attached hydrogen (secondary N) is 1. The highest BCUT2D eigenvalue weighted by Crippen LogP contribution is 2.26. The van der Waals surface area contributed by atoms with Gasteiger partial charge in [-0.25, -0.2) is 12.7 Å². The molecule has 0 amide bonds. The van der Waals surface area contributed by atoms with E-state index in [1.54, 1.807) is 26.1 Å². The van der Waals surface area contributed by atoms with Crippen LogP contribution in [0.2, 0.25) is 0 Å². The van der Waals surface area contributed by atoms with Gasteiger partial charge in [-0.2, -0.15) is 0 Å². The van der Waals surface area contributed by atoms with Gasteiger partial charge in [0.05, 0.1) is 11.0 Å². The molecule has 6 heteroatoms. The molecular formula is C14H22N2O3S. The number of benzene rings is 1. The van der Waals surface area contributed by atoms with Crippen molar-refractivity contribution in [1.82, 2.24) is 4.31 Å². The van der Waals surface area contributed by atoms with Crippen LogP contribution in [0.4, 0.5) is 5.69 Å². The van der Waals surface area contributed by atoms with Gasteiger partial charge in [-0.3, -0.25) is 0 Å². The molecule has 112 valence electrons. The number of rotatable bonds is 5. The molecule has 0 spiro atoms. The Balaban J connectivity index is 2.20. The molecule has 1 aromatic carbocycles. The summed E-state index contributed by atoms with van der Waals surface area (Å²) in [4.78, 5) is 0.304. The van der Waals surface area contributed by atoms with Gasteiger partial charge in [0.15, 0.2) is 0 Å². The summed E-state index contributed by atoms with van der Waals surface area (Å²) in [6.45, 7) is 2.85. The second kappa shape index (κ2) is 6.11. The number of nitrogens with zero attached hydrogens (tertiary/aromatic N) is 1. The minimum absolute atomic E-state index is 0.304. The van der Waals surface area contributed by atoms with E-state index < -0.39 is 16.1 Å². The number of aliphatic hydroxyl groups excluding tert-OH is 1. The van der Waals surface area contributed by atoms with Crippen LogP contribution in [0, 0.1) is 0 Å². The Bertz CT molecular complexity index is 570. The van der Waals surface area contributed by atoms with E-state index in [-0.39, 0.29) is 0 Å². The van der Waals surface area contributed by atoms with E-state index >= 15 is 0 Å². The third-order valence-electron chi connectivity index (χ3n) is 3.59. The first-order valence-electron chi connectivity index (χ1n) is 6.92. The molecule has 0 aromatic heterocycles. The summed E-state index contributed by atoms with van der Waals surface area (Å²) in [5.41, 5.74) is 2.09. The Morgan fingerprint density at radius 3 is 2.90 bits per heavy atom. The lowest BCUT2D eigenvalue weighted by atomic mass is 10.0. The molecule has 1 atom stereocenters. The van der Waals surface area contributed by atoms with E-state index in [2.05, 4.69) is 5.32 Å². The maximum Gasteiger partial charge on any atom is 0.242 e. The average Bonchev–Trinajstić information content (AvgIpc) is 2.44. The quantitative estimate of drug-likeness (QED) is 0.863. The lowest BCUT2D eigenvalue weighted by molar-refractivity contribution is 0.177. The second-order valence-electron chi connectivity index (χ2n) is 5.31. The largest absolute Gasteiger partial charge is 0.393 e. The van der Waals surface area contributed by atoms with Crippen LogP contribution >= 0.6 is 0 Å². The molecule has 0 fully saturated rings. The average molecular weight is 298 g/mol. The molecule has 1 aromatic rings. The predicted octanol–water partition coefficient (Wildman–Crippen LogP) is 1.44. The summed E-state index contributed by atoms with van der Waals surface area (Å²) in [5, 5.41) is 12.5. The van der Waals surface area contributed by atoms with Gasteiger partial charge in [-0.05, 0) is 43.9 Å². The first-order chi connectivity index (χ1) is 9.41. The Morgan fingerprint density at radius 1 is 1.45 bits per heavy atom. The molecule has 2 rings (SSSR count). The number of fused-ring (bicyclic) bond motifs is 1. The molecular weight excluding hydrogens is 276 g/mol. The normalized spacial score (nSPS) is 16.6. The van der Waals surface area contributed by atoms with Gasteiger partial charge in [0.2, 0.25) is 10.0 Å². The third kappa shape index (κ3) is 3.31. The van der Waals surface area contributed by atoms with Crippen LogP contribution < -0.4 is 5.32 Å². The van der Waals surface area contributed by atoms with Crippen LogP contribution in [0.15, 0.2) is 23.1 Å². The van der Waals surface area contributed by atoms with Gasteiger partial charge in [0, 0.05) is 25.8 Å². The fourth-order valence-corrected chi connectivity index (χ4v) is 3.48. The Morgan fingerprint density at radius 2 is 2.20 bits per heavy atom. The predicted molar refractivity (Wildman–Crippen MR) is 79.4 cm³/mol. The van der Waals surface area contributed by atoms with Gasteiger partial charge < -0.3 is 10.4 Å². The lowest BCUT2D eigenvalue weighted by Gasteiger charge is -2.21. The highest BCUT2D eigenvalue weighted by molar-refractivity contribution is 7.89. The molecule has 1 heterocycles. The van der Waals surface area contributed by atoms with Crippen molar-refractivity contribution in [2.24, 2.45) is 0 Å². The molecule has 20 heavy (non-hydrogen) atoms. The number of aryl methyl sites for hydroxylation is 1. The highest BCUT2D eigenvalue weighted by atomic mass is 32.2. The summed E-state index contributed by atoms with van der Waals surface area (Å²) < 4.78 is 26.2. The SMILES string of the molecule is CC(O)CCN(C)S(=O)(=O)c1ccc2c(c1)NCCC2. The zero-order valence-electron chi connectivity index (χ0n) is 12.0. The minimum atomic E-state index is -3.49. The van der Waals surface area contributed by atoms with Crippen LogP contribution in [0.3, 0.4) is 0 Å². The first kappa shape index (κ1) is 15.3. The molecule has 0 bridgehead atoms. The number of sulfonamides is 1. The first-order valence-corrected chi connectivity index (χ1v) is 8.36. The maximum absolute atomic E-state index is 12.4. The van der Waals surface area contributed by atoms with Gasteiger partial charge in [-0.15, -0.1) is 0 Å². The Kier molecular flexibility index (Phi) is 4.67. The minimum Gasteiger partial charge on any atom is -0.393 e. The van der Waals surface area contributed by atoms with E-state index in [0.717, 1.165) is 25.1 Å². The molecule has 0 saturated carbocycles. The second-order valence-corrected chi connectivity index (χ2v) is 7.36. The molecule has 0 aliphatic carbocycles. The van der Waals surface area contributed by atoms with Crippen LogP contribution in [0.1, 0.15) is 25.3 Å². The van der Waals surface area contributed by atoms with Crippen molar-refractivity contribution >= 4 is 15.7 Å². The fourth-order valence-electron chi connectivity index (χ4n) is 2.27. The van der Waals surface area contributed by atoms with Crippen molar-refractivity contribution in [2.75, 3.05) is 25.5 Å². The third-order valence-corrected chi connectivity index (χ3v) is 5.44. The zero-order chi connectivity index (χ0) is 14.8. The highest BCUT2D eigenvalue weighted by Gasteiger charge is 2.22. The summed E-state index contributed by atoms with van der Waals surface area (Å²) in [5.74, 6) is 0. The molecule has 1 unspecified atom stereocenters. The number of aliphatic hydroxyl groups is 1. The summed E-state index contributed by atoms with van der Waals surface area (Å²) >= 11 is 0. The lowest BCUT2D eigenvalue weighted by Crippen LogP contribution is -2.29. The molecule has 1 aliphatic heterocycles. The standard InChI is InChI=1S/C14H22N2O3S/c1-11(17)7-9-16(2)20(18,19)13-6-5-12-4-3-8-15-14(12)10-13/h5-6,10-11,15,17H,3-4,7-9H2,1-2H3. The van der Waals surface area contributed by atoms with Crippen molar-refractivity contribution in [3.05, 3.63) is 23.8 Å². The van der Waals surface area contributed by atoms with Crippen LogP contribution in [-0.4, -0.2) is 44.1 Å². The van der Waals surface area contributed by atoms with Crippen molar-refractivity contribution in [3.63, 3.8) is 0 Å². The van der Waals surface area contributed by atoms with E-state index in [1.165, 1.54) is 9.87 Å². The molecule has 1 aliphatic rings. The summed E-state index contributed by atoms with van der Waals surface area (Å²) in [6.07, 6.45) is 1.99. The van der Waals surface area contributed by atoms with E-state index in [0.29, 0.717) is 17.9 Å². The van der Waals surface area contributed by atoms with Gasteiger partial charge >= 0.3 is 0 Å². The van der Waals surface area contributed by atoms with Crippen molar-refractivity contribution in [3.8, 4) is 0 Å². The van der Waals surface area contributed by atoms with E-state index in [4.69, 9.17) is 0 Å².